The Bertz CT molecular complexity index is 653. The van der Waals surface area contributed by atoms with Crippen molar-refractivity contribution in [2.75, 3.05) is 12.3 Å². The third-order valence-corrected chi connectivity index (χ3v) is 3.81. The molecule has 0 saturated heterocycles. The Labute approximate surface area is 119 Å². The van der Waals surface area contributed by atoms with Crippen LogP contribution in [0.25, 0.3) is 0 Å². The van der Waals surface area contributed by atoms with Gasteiger partial charge in [-0.05, 0) is 47.4 Å². The highest BCUT2D eigenvalue weighted by molar-refractivity contribution is 5.45. The summed E-state index contributed by atoms with van der Waals surface area (Å²) in [5.41, 5.74) is 11.4. The number of nitrogens with two attached hydrogens (primary N) is 1. The van der Waals surface area contributed by atoms with Gasteiger partial charge in [0, 0.05) is 25.3 Å². The van der Waals surface area contributed by atoms with E-state index in [1.807, 2.05) is 30.3 Å². The molecule has 3 rings (SSSR count). The van der Waals surface area contributed by atoms with Crippen LogP contribution in [-0.4, -0.2) is 11.4 Å². The van der Waals surface area contributed by atoms with Gasteiger partial charge in [0.05, 0.1) is 11.6 Å². The molecule has 20 heavy (non-hydrogen) atoms. The lowest BCUT2D eigenvalue weighted by Crippen LogP contribution is -2.30. The smallest absolute Gasteiger partial charge is 0.0991 e. The number of nitriles is 1. The summed E-state index contributed by atoms with van der Waals surface area (Å²) in [7, 11) is 0. The van der Waals surface area contributed by atoms with E-state index in [0.717, 1.165) is 31.7 Å². The highest BCUT2D eigenvalue weighted by Crippen LogP contribution is 2.22. The molecule has 1 aliphatic rings. The number of anilines is 1. The third kappa shape index (κ3) is 2.66. The van der Waals surface area contributed by atoms with Crippen molar-refractivity contribution in [1.29, 1.82) is 5.26 Å². The van der Waals surface area contributed by atoms with E-state index in [1.54, 1.807) is 0 Å². The van der Waals surface area contributed by atoms with Gasteiger partial charge < -0.3 is 5.73 Å². The SMILES string of the molecule is N#Cc1ccc(CN2CCc3ccc(N)cc3C2)cc1. The summed E-state index contributed by atoms with van der Waals surface area (Å²) < 4.78 is 0. The molecule has 0 radical (unpaired) electrons. The Morgan fingerprint density at radius 1 is 1.10 bits per heavy atom. The van der Waals surface area contributed by atoms with Crippen molar-refractivity contribution in [1.82, 2.24) is 4.90 Å². The Kier molecular flexibility index (Phi) is 3.41. The number of nitrogen functional groups attached to an aromatic ring is 1. The molecule has 0 atom stereocenters. The van der Waals surface area contributed by atoms with Crippen LogP contribution < -0.4 is 5.73 Å². The second-order valence-corrected chi connectivity index (χ2v) is 5.30. The molecule has 0 unspecified atom stereocenters. The molecule has 3 heteroatoms. The van der Waals surface area contributed by atoms with Crippen LogP contribution >= 0.6 is 0 Å². The number of rotatable bonds is 2. The lowest BCUT2D eigenvalue weighted by Gasteiger charge is -2.29. The second-order valence-electron chi connectivity index (χ2n) is 5.30. The van der Waals surface area contributed by atoms with Crippen molar-refractivity contribution in [3.63, 3.8) is 0 Å². The Balaban J connectivity index is 1.72. The minimum atomic E-state index is 0.713. The molecular weight excluding hydrogens is 246 g/mol. The molecule has 0 fully saturated rings. The van der Waals surface area contributed by atoms with Gasteiger partial charge in [-0.25, -0.2) is 0 Å². The Morgan fingerprint density at radius 3 is 2.65 bits per heavy atom. The van der Waals surface area contributed by atoms with Gasteiger partial charge >= 0.3 is 0 Å². The summed E-state index contributed by atoms with van der Waals surface area (Å²) in [6.45, 7) is 2.93. The lowest BCUT2D eigenvalue weighted by atomic mass is 9.98. The zero-order valence-corrected chi connectivity index (χ0v) is 11.3. The van der Waals surface area contributed by atoms with Crippen molar-refractivity contribution in [3.05, 3.63) is 64.7 Å². The topological polar surface area (TPSA) is 53.0 Å². The van der Waals surface area contributed by atoms with Crippen LogP contribution in [0, 0.1) is 11.3 Å². The van der Waals surface area contributed by atoms with Crippen molar-refractivity contribution in [2.24, 2.45) is 0 Å². The standard InChI is InChI=1S/C17H17N3/c18-10-13-1-3-14(4-2-13)11-20-8-7-15-5-6-17(19)9-16(15)12-20/h1-6,9H,7-8,11-12,19H2. The summed E-state index contributed by atoms with van der Waals surface area (Å²) in [5, 5.41) is 8.81. The van der Waals surface area contributed by atoms with Gasteiger partial charge in [-0.3, -0.25) is 4.90 Å². The van der Waals surface area contributed by atoms with Crippen molar-refractivity contribution >= 4 is 5.69 Å². The van der Waals surface area contributed by atoms with Gasteiger partial charge in [-0.2, -0.15) is 5.26 Å². The number of nitrogens with zero attached hydrogens (tertiary/aromatic N) is 2. The zero-order valence-electron chi connectivity index (χ0n) is 11.3. The fourth-order valence-corrected chi connectivity index (χ4v) is 2.71. The molecule has 0 spiro atoms. The molecule has 2 N–H and O–H groups in total. The first-order valence-electron chi connectivity index (χ1n) is 6.83. The molecule has 0 aromatic heterocycles. The third-order valence-electron chi connectivity index (χ3n) is 3.81. The largest absolute Gasteiger partial charge is 0.399 e. The van der Waals surface area contributed by atoms with E-state index in [-0.39, 0.29) is 0 Å². The van der Waals surface area contributed by atoms with Crippen molar-refractivity contribution in [3.8, 4) is 6.07 Å². The minimum Gasteiger partial charge on any atom is -0.399 e. The van der Waals surface area contributed by atoms with Gasteiger partial charge in [0.2, 0.25) is 0 Å². The lowest BCUT2D eigenvalue weighted by molar-refractivity contribution is 0.245. The zero-order chi connectivity index (χ0) is 13.9. The van der Waals surface area contributed by atoms with E-state index in [2.05, 4.69) is 23.1 Å². The first-order valence-corrected chi connectivity index (χ1v) is 6.83. The molecule has 1 aliphatic heterocycles. The molecule has 0 bridgehead atoms. The van der Waals surface area contributed by atoms with Crippen molar-refractivity contribution in [2.45, 2.75) is 19.5 Å². The minimum absolute atomic E-state index is 0.713. The van der Waals surface area contributed by atoms with Gasteiger partial charge in [0.15, 0.2) is 0 Å². The predicted octanol–water partition coefficient (Wildman–Crippen LogP) is 2.70. The van der Waals surface area contributed by atoms with Crippen LogP contribution in [0.15, 0.2) is 42.5 Å². The molecule has 0 amide bonds. The summed E-state index contributed by atoms with van der Waals surface area (Å²) in [6, 6.07) is 16.2. The number of hydrogen-bond donors (Lipinski definition) is 1. The Hall–Kier alpha value is -2.31. The number of fused-ring (bicyclic) bond motifs is 1. The maximum absolute atomic E-state index is 8.81. The molecule has 2 aromatic carbocycles. The molecule has 0 saturated carbocycles. The highest BCUT2D eigenvalue weighted by atomic mass is 15.1. The molecule has 1 heterocycles. The van der Waals surface area contributed by atoms with E-state index in [9.17, 15) is 0 Å². The summed E-state index contributed by atoms with van der Waals surface area (Å²) in [6.07, 6.45) is 1.08. The second kappa shape index (κ2) is 5.36. The van der Waals surface area contributed by atoms with Crippen molar-refractivity contribution < 1.29 is 0 Å². The van der Waals surface area contributed by atoms with E-state index in [4.69, 9.17) is 11.0 Å². The fraction of sp³-hybridized carbons (Fsp3) is 0.235. The molecule has 2 aromatic rings. The first-order chi connectivity index (χ1) is 9.74. The summed E-state index contributed by atoms with van der Waals surface area (Å²) >= 11 is 0. The monoisotopic (exact) mass is 263 g/mol. The normalized spacial score (nSPS) is 14.6. The molecule has 0 aliphatic carbocycles. The molecular formula is C17H17N3. The van der Waals surface area contributed by atoms with Gasteiger partial charge in [0.1, 0.15) is 0 Å². The average Bonchev–Trinajstić information content (AvgIpc) is 2.47. The van der Waals surface area contributed by atoms with Crippen LogP contribution in [0.4, 0.5) is 5.69 Å². The highest BCUT2D eigenvalue weighted by Gasteiger charge is 2.16. The van der Waals surface area contributed by atoms with E-state index < -0.39 is 0 Å². The first kappa shape index (κ1) is 12.7. The summed E-state index contributed by atoms with van der Waals surface area (Å²) in [5.74, 6) is 0. The van der Waals surface area contributed by atoms with Crippen LogP contribution in [0.2, 0.25) is 0 Å². The maximum atomic E-state index is 8.81. The van der Waals surface area contributed by atoms with Gasteiger partial charge in [0.25, 0.3) is 0 Å². The summed E-state index contributed by atoms with van der Waals surface area (Å²) in [4.78, 5) is 2.42. The molecule has 100 valence electrons. The van der Waals surface area contributed by atoms with E-state index in [1.165, 1.54) is 16.7 Å². The van der Waals surface area contributed by atoms with E-state index >= 15 is 0 Å². The number of hydrogen-bond acceptors (Lipinski definition) is 3. The van der Waals surface area contributed by atoms with Crippen LogP contribution in [0.3, 0.4) is 0 Å². The molecule has 3 nitrogen and oxygen atoms in total. The van der Waals surface area contributed by atoms with E-state index in [0.29, 0.717) is 5.56 Å². The number of benzene rings is 2. The van der Waals surface area contributed by atoms with Gasteiger partial charge in [-0.15, -0.1) is 0 Å². The van der Waals surface area contributed by atoms with Crippen LogP contribution in [-0.2, 0) is 19.5 Å². The van der Waals surface area contributed by atoms with Gasteiger partial charge in [-0.1, -0.05) is 18.2 Å². The Morgan fingerprint density at radius 2 is 1.90 bits per heavy atom. The average molecular weight is 263 g/mol. The van der Waals surface area contributed by atoms with Crippen LogP contribution in [0.1, 0.15) is 22.3 Å². The van der Waals surface area contributed by atoms with Crippen LogP contribution in [0.5, 0.6) is 0 Å². The quantitative estimate of drug-likeness (QED) is 0.848. The maximum Gasteiger partial charge on any atom is 0.0991 e. The predicted molar refractivity (Wildman–Crippen MR) is 79.8 cm³/mol. The fourth-order valence-electron chi connectivity index (χ4n) is 2.71.